The molecule has 0 aliphatic rings. The van der Waals surface area contributed by atoms with Gasteiger partial charge in [-0.05, 0) is 47.5 Å². The van der Waals surface area contributed by atoms with E-state index in [0.29, 0.717) is 19.8 Å². The van der Waals surface area contributed by atoms with Gasteiger partial charge in [0.15, 0.2) is 6.29 Å². The Labute approximate surface area is 135 Å². The van der Waals surface area contributed by atoms with Gasteiger partial charge in [-0.2, -0.15) is 0 Å². The molecule has 0 aliphatic heterocycles. The summed E-state index contributed by atoms with van der Waals surface area (Å²) in [6.07, 6.45) is -0.184. The molecule has 4 nitrogen and oxygen atoms in total. The molecule has 0 saturated heterocycles. The van der Waals surface area contributed by atoms with Crippen LogP contribution in [0.4, 0.5) is 0 Å². The number of nitrogens with one attached hydrogen (secondary N) is 1. The lowest BCUT2D eigenvalue weighted by atomic mass is 10.2. The number of ether oxygens (including phenoxy) is 3. The van der Waals surface area contributed by atoms with E-state index in [9.17, 15) is 0 Å². The van der Waals surface area contributed by atoms with Gasteiger partial charge >= 0.3 is 0 Å². The summed E-state index contributed by atoms with van der Waals surface area (Å²) in [5, 5.41) is 3.32. The van der Waals surface area contributed by atoms with Gasteiger partial charge in [-0.15, -0.1) is 12.4 Å². The Kier molecular flexibility index (Phi) is 11.2. The molecule has 0 spiro atoms. The molecule has 0 radical (unpaired) electrons. The topological polar surface area (TPSA) is 39.7 Å². The average Bonchev–Trinajstić information content (AvgIpc) is 2.39. The van der Waals surface area contributed by atoms with Crippen molar-refractivity contribution < 1.29 is 14.2 Å². The van der Waals surface area contributed by atoms with Crippen LogP contribution in [0.2, 0.25) is 0 Å². The summed E-state index contributed by atoms with van der Waals surface area (Å²) < 4.78 is 17.1. The monoisotopic (exact) mass is 367 g/mol. The zero-order chi connectivity index (χ0) is 14.1. The van der Waals surface area contributed by atoms with Gasteiger partial charge in [-0.1, -0.05) is 6.07 Å². The Balaban J connectivity index is 0.00000361. The molecular weight excluding hydrogens is 346 g/mol. The third-order valence-electron chi connectivity index (χ3n) is 2.56. The maximum Gasteiger partial charge on any atom is 0.169 e. The van der Waals surface area contributed by atoms with Crippen LogP contribution in [0, 0.1) is 0 Å². The molecule has 0 atom stereocenters. The molecule has 0 saturated carbocycles. The summed E-state index contributed by atoms with van der Waals surface area (Å²) in [4.78, 5) is 0. The minimum absolute atomic E-state index is 0. The standard InChI is InChI=1S/C14H22BrNO3.ClH/c1-4-18-14(19-5-2)10-16-9-11-6-7-13(17-3)12(15)8-11;/h6-8,14,16H,4-5,9-10H2,1-3H3;1H. The zero-order valence-electron chi connectivity index (χ0n) is 12.1. The minimum Gasteiger partial charge on any atom is -0.496 e. The molecule has 0 bridgehead atoms. The highest BCUT2D eigenvalue weighted by Gasteiger charge is 2.07. The first-order chi connectivity index (χ1) is 9.21. The molecule has 0 fully saturated rings. The van der Waals surface area contributed by atoms with Crippen LogP contribution >= 0.6 is 28.3 Å². The molecule has 0 aromatic heterocycles. The third kappa shape index (κ3) is 6.90. The molecule has 1 N–H and O–H groups in total. The summed E-state index contributed by atoms with van der Waals surface area (Å²) >= 11 is 3.48. The van der Waals surface area contributed by atoms with E-state index in [2.05, 4.69) is 21.2 Å². The van der Waals surface area contributed by atoms with Gasteiger partial charge in [0, 0.05) is 26.3 Å². The van der Waals surface area contributed by atoms with Crippen LogP contribution in [0.15, 0.2) is 22.7 Å². The van der Waals surface area contributed by atoms with Crippen molar-refractivity contribution in [3.63, 3.8) is 0 Å². The van der Waals surface area contributed by atoms with E-state index in [4.69, 9.17) is 14.2 Å². The largest absolute Gasteiger partial charge is 0.496 e. The fourth-order valence-electron chi connectivity index (χ4n) is 1.69. The van der Waals surface area contributed by atoms with Crippen molar-refractivity contribution in [2.75, 3.05) is 26.9 Å². The lowest BCUT2D eigenvalue weighted by Crippen LogP contribution is -2.31. The van der Waals surface area contributed by atoms with Crippen LogP contribution in [-0.4, -0.2) is 33.2 Å². The van der Waals surface area contributed by atoms with E-state index in [1.54, 1.807) is 7.11 Å². The van der Waals surface area contributed by atoms with E-state index in [1.807, 2.05) is 32.0 Å². The van der Waals surface area contributed by atoms with E-state index in [1.165, 1.54) is 5.56 Å². The van der Waals surface area contributed by atoms with Gasteiger partial charge in [0.2, 0.25) is 0 Å². The fourth-order valence-corrected chi connectivity index (χ4v) is 2.28. The maximum absolute atomic E-state index is 5.47. The Morgan fingerprint density at radius 1 is 1.20 bits per heavy atom. The van der Waals surface area contributed by atoms with Crippen LogP contribution in [0.5, 0.6) is 5.75 Å². The molecule has 0 amide bonds. The molecule has 1 aromatic rings. The first kappa shape index (κ1) is 19.7. The predicted octanol–water partition coefficient (Wildman–Crippen LogP) is 3.37. The fraction of sp³-hybridized carbons (Fsp3) is 0.571. The number of hydrogen-bond donors (Lipinski definition) is 1. The molecule has 1 rings (SSSR count). The van der Waals surface area contributed by atoms with Crippen LogP contribution < -0.4 is 10.1 Å². The Morgan fingerprint density at radius 3 is 2.35 bits per heavy atom. The van der Waals surface area contributed by atoms with Gasteiger partial charge < -0.3 is 19.5 Å². The van der Waals surface area contributed by atoms with Crippen LogP contribution in [0.3, 0.4) is 0 Å². The third-order valence-corrected chi connectivity index (χ3v) is 3.18. The van der Waals surface area contributed by atoms with Crippen molar-refractivity contribution in [1.82, 2.24) is 5.32 Å². The zero-order valence-corrected chi connectivity index (χ0v) is 14.6. The first-order valence-corrected chi connectivity index (χ1v) is 7.26. The van der Waals surface area contributed by atoms with E-state index in [0.717, 1.165) is 16.8 Å². The van der Waals surface area contributed by atoms with Crippen molar-refractivity contribution in [1.29, 1.82) is 0 Å². The molecular formula is C14H23BrClNO3. The number of hydrogen-bond acceptors (Lipinski definition) is 4. The lowest BCUT2D eigenvalue weighted by Gasteiger charge is -2.17. The highest BCUT2D eigenvalue weighted by Crippen LogP contribution is 2.25. The van der Waals surface area contributed by atoms with E-state index < -0.39 is 0 Å². The molecule has 1 aromatic carbocycles. The first-order valence-electron chi connectivity index (χ1n) is 6.47. The number of rotatable bonds is 9. The molecule has 0 aliphatic carbocycles. The van der Waals surface area contributed by atoms with Gasteiger partial charge in [-0.3, -0.25) is 0 Å². The Hall–Kier alpha value is -0.330. The normalized spacial score (nSPS) is 10.4. The molecule has 0 unspecified atom stereocenters. The van der Waals surface area contributed by atoms with Crippen molar-refractivity contribution in [3.05, 3.63) is 28.2 Å². The highest BCUT2D eigenvalue weighted by molar-refractivity contribution is 9.10. The second-order valence-corrected chi connectivity index (χ2v) is 4.79. The highest BCUT2D eigenvalue weighted by atomic mass is 79.9. The van der Waals surface area contributed by atoms with Crippen molar-refractivity contribution in [2.24, 2.45) is 0 Å². The minimum atomic E-state index is -0.184. The predicted molar refractivity (Wildman–Crippen MR) is 86.7 cm³/mol. The number of methoxy groups -OCH3 is 1. The van der Waals surface area contributed by atoms with E-state index in [-0.39, 0.29) is 18.7 Å². The molecule has 20 heavy (non-hydrogen) atoms. The summed E-state index contributed by atoms with van der Waals surface area (Å²) in [5.41, 5.74) is 1.18. The quantitative estimate of drug-likeness (QED) is 0.678. The Bertz CT molecular complexity index is 373. The van der Waals surface area contributed by atoms with Crippen molar-refractivity contribution in [2.45, 2.75) is 26.7 Å². The number of halogens is 2. The molecule has 6 heteroatoms. The van der Waals surface area contributed by atoms with Crippen molar-refractivity contribution >= 4 is 28.3 Å². The second kappa shape index (κ2) is 11.3. The second-order valence-electron chi connectivity index (χ2n) is 3.94. The maximum atomic E-state index is 5.47. The number of benzene rings is 1. The van der Waals surface area contributed by atoms with Crippen LogP contribution in [-0.2, 0) is 16.0 Å². The van der Waals surface area contributed by atoms with Crippen molar-refractivity contribution in [3.8, 4) is 5.75 Å². The summed E-state index contributed by atoms with van der Waals surface area (Å²) in [6, 6.07) is 6.03. The van der Waals surface area contributed by atoms with E-state index >= 15 is 0 Å². The smallest absolute Gasteiger partial charge is 0.169 e. The molecule has 0 heterocycles. The SMILES string of the molecule is CCOC(CNCc1ccc(OC)c(Br)c1)OCC.Cl. The van der Waals surface area contributed by atoms with Gasteiger partial charge in [0.25, 0.3) is 0 Å². The Morgan fingerprint density at radius 2 is 1.85 bits per heavy atom. The molecule has 116 valence electrons. The average molecular weight is 369 g/mol. The van der Waals surface area contributed by atoms with Crippen LogP contribution in [0.1, 0.15) is 19.4 Å². The summed E-state index contributed by atoms with van der Waals surface area (Å²) in [7, 11) is 1.66. The van der Waals surface area contributed by atoms with Gasteiger partial charge in [0.05, 0.1) is 11.6 Å². The van der Waals surface area contributed by atoms with Gasteiger partial charge in [0.1, 0.15) is 5.75 Å². The lowest BCUT2D eigenvalue weighted by molar-refractivity contribution is -0.133. The summed E-state index contributed by atoms with van der Waals surface area (Å²) in [5.74, 6) is 0.838. The summed E-state index contributed by atoms with van der Waals surface area (Å²) in [6.45, 7) is 6.67. The van der Waals surface area contributed by atoms with Gasteiger partial charge in [-0.25, -0.2) is 0 Å². The van der Waals surface area contributed by atoms with Crippen LogP contribution in [0.25, 0.3) is 0 Å².